The van der Waals surface area contributed by atoms with Crippen molar-refractivity contribution in [2.45, 2.75) is 38.1 Å². The number of methoxy groups -OCH3 is 4. The lowest BCUT2D eigenvalue weighted by atomic mass is 9.82. The van der Waals surface area contributed by atoms with Gasteiger partial charge in [-0.15, -0.1) is 0 Å². The first-order valence-corrected chi connectivity index (χ1v) is 9.82. The Kier molecular flexibility index (Phi) is 6.79. The Hall–Kier alpha value is -2.54. The van der Waals surface area contributed by atoms with Gasteiger partial charge < -0.3 is 18.9 Å². The van der Waals surface area contributed by atoms with Crippen LogP contribution in [0.1, 0.15) is 42.9 Å². The molecule has 7 heteroatoms. The minimum absolute atomic E-state index is 0.167. The molecule has 0 aromatic heterocycles. The van der Waals surface area contributed by atoms with Crippen LogP contribution in [0.15, 0.2) is 23.3 Å². The summed E-state index contributed by atoms with van der Waals surface area (Å²) in [5.41, 5.74) is 4.66. The molecular weight excluding hydrogens is 374 g/mol. The number of esters is 2. The van der Waals surface area contributed by atoms with E-state index in [1.807, 2.05) is 0 Å². The Balaban J connectivity index is 1.92. The van der Waals surface area contributed by atoms with Crippen LogP contribution in [0.25, 0.3) is 0 Å². The highest BCUT2D eigenvalue weighted by Gasteiger charge is 2.34. The van der Waals surface area contributed by atoms with Crippen molar-refractivity contribution in [2.24, 2.45) is 0 Å². The van der Waals surface area contributed by atoms with Gasteiger partial charge in [0.1, 0.15) is 0 Å². The fraction of sp³-hybridized carbons (Fsp3) is 0.545. The Bertz CT molecular complexity index is 816. The minimum atomic E-state index is -0.257. The van der Waals surface area contributed by atoms with Crippen molar-refractivity contribution in [1.29, 1.82) is 0 Å². The minimum Gasteiger partial charge on any atom is -0.493 e. The van der Waals surface area contributed by atoms with Gasteiger partial charge in [0.05, 0.1) is 34.9 Å². The van der Waals surface area contributed by atoms with E-state index in [-0.39, 0.29) is 24.4 Å². The molecule has 29 heavy (non-hydrogen) atoms. The number of ether oxygens (including phenoxy) is 4. The first-order chi connectivity index (χ1) is 14.0. The van der Waals surface area contributed by atoms with Crippen LogP contribution >= 0.6 is 0 Å². The van der Waals surface area contributed by atoms with Crippen LogP contribution in [0, 0.1) is 0 Å². The zero-order valence-electron chi connectivity index (χ0n) is 17.6. The fourth-order valence-electron chi connectivity index (χ4n) is 4.30. The molecule has 0 aliphatic carbocycles. The molecule has 3 rings (SSSR count). The van der Waals surface area contributed by atoms with Crippen LogP contribution < -0.4 is 9.47 Å². The van der Waals surface area contributed by atoms with Crippen molar-refractivity contribution < 1.29 is 28.5 Å². The van der Waals surface area contributed by atoms with E-state index in [0.29, 0.717) is 18.6 Å². The molecule has 2 heterocycles. The molecule has 0 amide bonds. The molecular formula is C22H29NO6. The maximum absolute atomic E-state index is 12.0. The van der Waals surface area contributed by atoms with Gasteiger partial charge in [0, 0.05) is 25.6 Å². The third-order valence-electron chi connectivity index (χ3n) is 5.89. The van der Waals surface area contributed by atoms with Crippen LogP contribution in [-0.2, 0) is 25.5 Å². The second-order valence-electron chi connectivity index (χ2n) is 7.38. The summed E-state index contributed by atoms with van der Waals surface area (Å²) >= 11 is 0. The van der Waals surface area contributed by atoms with Crippen LogP contribution in [0.2, 0.25) is 0 Å². The number of benzene rings is 1. The third-order valence-corrected chi connectivity index (χ3v) is 5.89. The lowest BCUT2D eigenvalue weighted by Gasteiger charge is -2.42. The number of fused-ring (bicyclic) bond motifs is 3. The SMILES string of the molecule is COC(=O)CCC1=C(CC(=O)OC)CC2c3cc(OC)c(OC)cc3CCN2C1. The Labute approximate surface area is 171 Å². The summed E-state index contributed by atoms with van der Waals surface area (Å²) in [5.74, 6) is 0.952. The fourth-order valence-corrected chi connectivity index (χ4v) is 4.30. The molecule has 0 N–H and O–H groups in total. The first-order valence-electron chi connectivity index (χ1n) is 9.82. The summed E-state index contributed by atoms with van der Waals surface area (Å²) in [6.07, 6.45) is 2.81. The van der Waals surface area contributed by atoms with Crippen molar-refractivity contribution in [3.8, 4) is 11.5 Å². The highest BCUT2D eigenvalue weighted by Crippen LogP contribution is 2.44. The summed E-state index contributed by atoms with van der Waals surface area (Å²) in [4.78, 5) is 26.1. The second kappa shape index (κ2) is 9.31. The number of rotatable bonds is 7. The van der Waals surface area contributed by atoms with Gasteiger partial charge in [-0.3, -0.25) is 14.5 Å². The Morgan fingerprint density at radius 2 is 1.69 bits per heavy atom. The molecule has 7 nitrogen and oxygen atoms in total. The topological polar surface area (TPSA) is 74.3 Å². The van der Waals surface area contributed by atoms with Gasteiger partial charge in [-0.1, -0.05) is 11.1 Å². The van der Waals surface area contributed by atoms with E-state index < -0.39 is 0 Å². The number of hydrogen-bond donors (Lipinski definition) is 0. The van der Waals surface area contributed by atoms with Crippen molar-refractivity contribution in [2.75, 3.05) is 41.5 Å². The van der Waals surface area contributed by atoms with E-state index in [2.05, 4.69) is 17.0 Å². The van der Waals surface area contributed by atoms with Crippen LogP contribution in [0.3, 0.4) is 0 Å². The largest absolute Gasteiger partial charge is 0.493 e. The summed E-state index contributed by atoms with van der Waals surface area (Å²) in [5, 5.41) is 0. The van der Waals surface area contributed by atoms with Gasteiger partial charge in [-0.25, -0.2) is 0 Å². The van der Waals surface area contributed by atoms with E-state index in [1.54, 1.807) is 14.2 Å². The van der Waals surface area contributed by atoms with Crippen molar-refractivity contribution in [1.82, 2.24) is 4.90 Å². The molecule has 1 atom stereocenters. The molecule has 0 spiro atoms. The van der Waals surface area contributed by atoms with Gasteiger partial charge in [0.15, 0.2) is 11.5 Å². The highest BCUT2D eigenvalue weighted by molar-refractivity contribution is 5.73. The molecule has 2 aliphatic rings. The lowest BCUT2D eigenvalue weighted by molar-refractivity contribution is -0.141. The van der Waals surface area contributed by atoms with Crippen LogP contribution in [0.5, 0.6) is 11.5 Å². The summed E-state index contributed by atoms with van der Waals surface area (Å²) in [7, 11) is 6.08. The molecule has 0 saturated carbocycles. The normalized spacial score (nSPS) is 18.6. The molecule has 158 valence electrons. The summed E-state index contributed by atoms with van der Waals surface area (Å²) in [6.45, 7) is 1.65. The van der Waals surface area contributed by atoms with Crippen molar-refractivity contribution >= 4 is 11.9 Å². The van der Waals surface area contributed by atoms with Gasteiger partial charge in [0.2, 0.25) is 0 Å². The van der Waals surface area contributed by atoms with E-state index in [9.17, 15) is 9.59 Å². The molecule has 1 aromatic carbocycles. The number of carbonyl (C=O) groups excluding carboxylic acids is 2. The Morgan fingerprint density at radius 3 is 2.34 bits per heavy atom. The Morgan fingerprint density at radius 1 is 1.00 bits per heavy atom. The van der Waals surface area contributed by atoms with Gasteiger partial charge in [0.25, 0.3) is 0 Å². The van der Waals surface area contributed by atoms with E-state index >= 15 is 0 Å². The molecule has 1 unspecified atom stereocenters. The maximum atomic E-state index is 12.0. The average Bonchev–Trinajstić information content (AvgIpc) is 2.75. The monoisotopic (exact) mass is 403 g/mol. The molecule has 0 bridgehead atoms. The molecule has 0 saturated heterocycles. The van der Waals surface area contributed by atoms with E-state index in [4.69, 9.17) is 18.9 Å². The van der Waals surface area contributed by atoms with Gasteiger partial charge in [-0.2, -0.15) is 0 Å². The summed E-state index contributed by atoms with van der Waals surface area (Å²) < 4.78 is 20.7. The standard InChI is InChI=1S/C22H29NO6/c1-26-19-10-14-7-8-23-13-15(5-6-21(24)28-3)16(11-22(25)29-4)9-18(23)17(14)12-20(19)27-2/h10,12,18H,5-9,11,13H2,1-4H3. The third kappa shape index (κ3) is 4.56. The molecule has 2 aliphatic heterocycles. The zero-order chi connectivity index (χ0) is 21.0. The van der Waals surface area contributed by atoms with Gasteiger partial charge >= 0.3 is 11.9 Å². The second-order valence-corrected chi connectivity index (χ2v) is 7.38. The predicted octanol–water partition coefficient (Wildman–Crippen LogP) is 2.82. The molecule has 1 aromatic rings. The number of carbonyl (C=O) groups is 2. The van der Waals surface area contributed by atoms with E-state index in [0.717, 1.165) is 42.8 Å². The quantitative estimate of drug-likeness (QED) is 0.512. The summed E-state index contributed by atoms with van der Waals surface area (Å²) in [6, 6.07) is 4.28. The first kappa shape index (κ1) is 21.2. The van der Waals surface area contributed by atoms with E-state index in [1.165, 1.54) is 25.3 Å². The highest BCUT2D eigenvalue weighted by atomic mass is 16.5. The molecule has 0 fully saturated rings. The van der Waals surface area contributed by atoms with Crippen molar-refractivity contribution in [3.63, 3.8) is 0 Å². The average molecular weight is 403 g/mol. The smallest absolute Gasteiger partial charge is 0.309 e. The lowest BCUT2D eigenvalue weighted by Crippen LogP contribution is -2.40. The van der Waals surface area contributed by atoms with Crippen molar-refractivity contribution in [3.05, 3.63) is 34.4 Å². The van der Waals surface area contributed by atoms with Crippen LogP contribution in [-0.4, -0.2) is 58.4 Å². The maximum Gasteiger partial charge on any atom is 0.309 e. The predicted molar refractivity (Wildman–Crippen MR) is 107 cm³/mol. The number of hydrogen-bond acceptors (Lipinski definition) is 7. The molecule has 0 radical (unpaired) electrons. The zero-order valence-corrected chi connectivity index (χ0v) is 17.6. The van der Waals surface area contributed by atoms with Gasteiger partial charge in [-0.05, 0) is 42.5 Å². The van der Waals surface area contributed by atoms with Crippen LogP contribution in [0.4, 0.5) is 0 Å². The number of nitrogens with zero attached hydrogens (tertiary/aromatic N) is 1.